The molecule has 2 aromatic carbocycles. The summed E-state index contributed by atoms with van der Waals surface area (Å²) in [7, 11) is 0. The zero-order valence-corrected chi connectivity index (χ0v) is 14.8. The molecule has 0 saturated carbocycles. The molecular formula is C17H11F2N5S2. The van der Waals surface area contributed by atoms with Crippen molar-refractivity contribution in [1.82, 2.24) is 20.2 Å². The first-order valence-corrected chi connectivity index (χ1v) is 9.21. The topological polar surface area (TPSA) is 63.6 Å². The molecule has 0 atom stereocenters. The minimum absolute atomic E-state index is 0.267. The summed E-state index contributed by atoms with van der Waals surface area (Å²) in [6.07, 6.45) is 1.34. The van der Waals surface area contributed by atoms with Crippen LogP contribution in [0.5, 0.6) is 0 Å². The van der Waals surface area contributed by atoms with E-state index in [2.05, 4.69) is 25.5 Å². The van der Waals surface area contributed by atoms with Gasteiger partial charge in [0.1, 0.15) is 28.5 Å². The average Bonchev–Trinajstić information content (AvgIpc) is 3.10. The van der Waals surface area contributed by atoms with Gasteiger partial charge in [-0.1, -0.05) is 29.5 Å². The predicted octanol–water partition coefficient (Wildman–Crippen LogP) is 4.52. The molecule has 0 amide bonds. The van der Waals surface area contributed by atoms with Gasteiger partial charge in [0, 0.05) is 11.9 Å². The van der Waals surface area contributed by atoms with Crippen molar-refractivity contribution in [1.29, 1.82) is 0 Å². The quantitative estimate of drug-likeness (QED) is 0.508. The van der Waals surface area contributed by atoms with Crippen molar-refractivity contribution in [2.75, 3.05) is 5.32 Å². The van der Waals surface area contributed by atoms with Crippen molar-refractivity contribution in [3.8, 4) is 0 Å². The maximum atomic E-state index is 13.8. The summed E-state index contributed by atoms with van der Waals surface area (Å²) in [6, 6.07) is 11.0. The van der Waals surface area contributed by atoms with Crippen molar-refractivity contribution in [3.63, 3.8) is 0 Å². The molecule has 0 aliphatic rings. The summed E-state index contributed by atoms with van der Waals surface area (Å²) >= 11 is 2.67. The highest BCUT2D eigenvalue weighted by Crippen LogP contribution is 2.34. The standard InChI is InChI=1S/C17H11F2N5S2/c18-11-6-4-10(5-7-11)8-20-16-23-24-17(26-16)25-15-12-2-1-3-13(19)14(12)21-9-22-15/h1-7,9H,8H2,(H,20,23). The second-order valence-corrected chi connectivity index (χ2v) is 7.48. The largest absolute Gasteiger partial charge is 0.356 e. The Labute approximate surface area is 155 Å². The van der Waals surface area contributed by atoms with Crippen molar-refractivity contribution >= 4 is 39.1 Å². The molecule has 2 heterocycles. The smallest absolute Gasteiger partial charge is 0.206 e. The van der Waals surface area contributed by atoms with Crippen molar-refractivity contribution in [2.45, 2.75) is 15.9 Å². The van der Waals surface area contributed by atoms with E-state index >= 15 is 0 Å². The van der Waals surface area contributed by atoms with Crippen LogP contribution in [0.25, 0.3) is 10.9 Å². The van der Waals surface area contributed by atoms with Gasteiger partial charge < -0.3 is 5.32 Å². The van der Waals surface area contributed by atoms with E-state index in [4.69, 9.17) is 0 Å². The van der Waals surface area contributed by atoms with Crippen molar-refractivity contribution in [2.24, 2.45) is 0 Å². The number of anilines is 1. The molecule has 0 aliphatic carbocycles. The third-order valence-electron chi connectivity index (χ3n) is 3.53. The first kappa shape index (κ1) is 16.8. The third-order valence-corrected chi connectivity index (χ3v) is 5.48. The summed E-state index contributed by atoms with van der Waals surface area (Å²) in [5, 5.41) is 13.3. The molecule has 0 fully saturated rings. The average molecular weight is 387 g/mol. The van der Waals surface area contributed by atoms with Crippen molar-refractivity contribution < 1.29 is 8.78 Å². The van der Waals surface area contributed by atoms with E-state index in [0.717, 1.165) is 5.56 Å². The van der Waals surface area contributed by atoms with Gasteiger partial charge in [-0.15, -0.1) is 10.2 Å². The fourth-order valence-corrected chi connectivity index (χ4v) is 4.03. The Morgan fingerprint density at radius 2 is 1.85 bits per heavy atom. The Kier molecular flexibility index (Phi) is 4.72. The fraction of sp³-hybridized carbons (Fsp3) is 0.0588. The number of nitrogens with zero attached hydrogens (tertiary/aromatic N) is 4. The Morgan fingerprint density at radius 3 is 2.69 bits per heavy atom. The van der Waals surface area contributed by atoms with Gasteiger partial charge in [0.25, 0.3) is 0 Å². The number of hydrogen-bond acceptors (Lipinski definition) is 7. The van der Waals surface area contributed by atoms with Crippen LogP contribution in [0.2, 0.25) is 0 Å². The molecule has 4 aromatic rings. The lowest BCUT2D eigenvalue weighted by atomic mass is 10.2. The maximum Gasteiger partial charge on any atom is 0.206 e. The summed E-state index contributed by atoms with van der Waals surface area (Å²) in [5.74, 6) is -0.650. The van der Waals surface area contributed by atoms with Crippen LogP contribution < -0.4 is 5.32 Å². The second kappa shape index (κ2) is 7.30. The number of aromatic nitrogens is 4. The number of hydrogen-bond donors (Lipinski definition) is 1. The summed E-state index contributed by atoms with van der Waals surface area (Å²) < 4.78 is 27.4. The molecule has 0 saturated heterocycles. The van der Waals surface area contributed by atoms with Gasteiger partial charge in [0.2, 0.25) is 5.13 Å². The number of para-hydroxylation sites is 1. The van der Waals surface area contributed by atoms with Crippen LogP contribution in [-0.2, 0) is 6.54 Å². The van der Waals surface area contributed by atoms with Gasteiger partial charge in [-0.2, -0.15) is 0 Å². The first-order chi connectivity index (χ1) is 12.7. The lowest BCUT2D eigenvalue weighted by molar-refractivity contribution is 0.627. The highest BCUT2D eigenvalue weighted by atomic mass is 32.2. The molecular weight excluding hydrogens is 376 g/mol. The molecule has 9 heteroatoms. The van der Waals surface area contributed by atoms with Gasteiger partial charge in [-0.05, 0) is 41.6 Å². The summed E-state index contributed by atoms with van der Waals surface area (Å²) in [4.78, 5) is 8.21. The fourth-order valence-electron chi connectivity index (χ4n) is 2.29. The Morgan fingerprint density at radius 1 is 1.00 bits per heavy atom. The van der Waals surface area contributed by atoms with Crippen LogP contribution in [0.1, 0.15) is 5.56 Å². The van der Waals surface area contributed by atoms with Crippen molar-refractivity contribution in [3.05, 3.63) is 66.0 Å². The number of nitrogens with one attached hydrogen (secondary N) is 1. The van der Waals surface area contributed by atoms with Crippen LogP contribution in [0.15, 0.2) is 58.2 Å². The monoisotopic (exact) mass is 387 g/mol. The third kappa shape index (κ3) is 3.63. The van der Waals surface area contributed by atoms with E-state index in [-0.39, 0.29) is 17.2 Å². The maximum absolute atomic E-state index is 13.8. The molecule has 2 aromatic heterocycles. The van der Waals surface area contributed by atoms with Gasteiger partial charge in [-0.25, -0.2) is 18.7 Å². The summed E-state index contributed by atoms with van der Waals surface area (Å²) in [6.45, 7) is 0.515. The van der Waals surface area contributed by atoms with E-state index in [9.17, 15) is 8.78 Å². The molecule has 1 N–H and O–H groups in total. The first-order valence-electron chi connectivity index (χ1n) is 7.58. The predicted molar refractivity (Wildman–Crippen MR) is 97.3 cm³/mol. The summed E-state index contributed by atoms with van der Waals surface area (Å²) in [5.41, 5.74) is 1.22. The Hall–Kier alpha value is -2.65. The molecule has 0 unspecified atom stereocenters. The van der Waals surface area contributed by atoms with Gasteiger partial charge in [-0.3, -0.25) is 0 Å². The number of halogens is 2. The van der Waals surface area contributed by atoms with Crippen LogP contribution in [0.4, 0.5) is 13.9 Å². The van der Waals surface area contributed by atoms with E-state index in [1.807, 2.05) is 0 Å². The van der Waals surface area contributed by atoms with Crippen LogP contribution in [0, 0.1) is 11.6 Å². The van der Waals surface area contributed by atoms with E-state index in [1.165, 1.54) is 47.6 Å². The molecule has 0 spiro atoms. The molecule has 26 heavy (non-hydrogen) atoms. The SMILES string of the molecule is Fc1ccc(CNc2nnc(Sc3ncnc4c(F)cccc34)s2)cc1. The number of rotatable bonds is 5. The highest BCUT2D eigenvalue weighted by molar-refractivity contribution is 8.01. The van der Waals surface area contributed by atoms with Gasteiger partial charge >= 0.3 is 0 Å². The zero-order chi connectivity index (χ0) is 17.9. The number of benzene rings is 2. The zero-order valence-electron chi connectivity index (χ0n) is 13.2. The van der Waals surface area contributed by atoms with E-state index in [0.29, 0.717) is 26.4 Å². The minimum Gasteiger partial charge on any atom is -0.356 e. The Balaban J connectivity index is 1.49. The lowest BCUT2D eigenvalue weighted by Crippen LogP contribution is -1.98. The molecule has 0 radical (unpaired) electrons. The van der Waals surface area contributed by atoms with Crippen LogP contribution in [0.3, 0.4) is 0 Å². The molecule has 130 valence electrons. The second-order valence-electron chi connectivity index (χ2n) is 5.27. The molecule has 0 bridgehead atoms. The van der Waals surface area contributed by atoms with E-state index in [1.54, 1.807) is 24.3 Å². The normalized spacial score (nSPS) is 11.0. The molecule has 0 aliphatic heterocycles. The Bertz CT molecular complexity index is 1050. The van der Waals surface area contributed by atoms with Crippen LogP contribution >= 0.6 is 23.1 Å². The molecule has 4 rings (SSSR count). The van der Waals surface area contributed by atoms with Gasteiger partial charge in [0.05, 0.1) is 0 Å². The highest BCUT2D eigenvalue weighted by Gasteiger charge is 2.12. The van der Waals surface area contributed by atoms with Gasteiger partial charge in [0.15, 0.2) is 4.34 Å². The number of fused-ring (bicyclic) bond motifs is 1. The molecule has 5 nitrogen and oxygen atoms in total. The minimum atomic E-state index is -0.384. The lowest BCUT2D eigenvalue weighted by Gasteiger charge is -2.03. The van der Waals surface area contributed by atoms with E-state index < -0.39 is 0 Å². The van der Waals surface area contributed by atoms with Crippen LogP contribution in [-0.4, -0.2) is 20.2 Å².